The van der Waals surface area contributed by atoms with E-state index in [4.69, 9.17) is 23.3 Å². The van der Waals surface area contributed by atoms with Crippen molar-refractivity contribution in [3.8, 4) is 5.75 Å². The standard InChI is InChI=1S/C38H61N4O11P/c1-6-50-54(48,51-7-2)35(45)30(17-18-33(43)42-23-24-49-32-16-12-11-15-28(32)26-42)39-34(44)31(25-27-13-9-8-10-14-27)40-36(46)52-29-19-21-41(22-20-29)37(47)53-38(3,4)5/h11-12,15-16,27,29-31,35,45H,6-10,13-14,17-26H2,1-5H3,(H,39,44)(H,40,46)/t30-,31-,35?/m0/s1. The molecule has 4 rings (SSSR count). The molecule has 1 aromatic carbocycles. The second-order valence-electron chi connectivity index (χ2n) is 15.2. The third-order valence-corrected chi connectivity index (χ3v) is 12.1. The molecule has 3 atom stereocenters. The first kappa shape index (κ1) is 43.3. The molecule has 1 saturated heterocycles. The van der Waals surface area contributed by atoms with E-state index in [0.29, 0.717) is 57.8 Å². The van der Waals surface area contributed by atoms with Crippen molar-refractivity contribution in [3.63, 3.8) is 0 Å². The van der Waals surface area contributed by atoms with E-state index >= 15 is 0 Å². The molecule has 1 unspecified atom stereocenters. The molecular formula is C38H61N4O11P. The largest absolute Gasteiger partial charge is 0.491 e. The molecule has 1 aromatic rings. The van der Waals surface area contributed by atoms with Gasteiger partial charge in [0.15, 0.2) is 5.85 Å². The molecule has 1 aliphatic carbocycles. The number of carbonyl (C=O) groups excluding carboxylic acids is 4. The fraction of sp³-hybridized carbons (Fsp3) is 0.737. The summed E-state index contributed by atoms with van der Waals surface area (Å²) in [4.78, 5) is 56.8. The molecule has 4 amide bonds. The van der Waals surface area contributed by atoms with Crippen LogP contribution in [-0.2, 0) is 39.2 Å². The van der Waals surface area contributed by atoms with Crippen molar-refractivity contribution in [2.45, 2.75) is 135 Å². The third-order valence-electron chi connectivity index (χ3n) is 9.87. The van der Waals surface area contributed by atoms with Crippen molar-refractivity contribution in [1.82, 2.24) is 20.4 Å². The van der Waals surface area contributed by atoms with E-state index in [-0.39, 0.29) is 37.9 Å². The summed E-state index contributed by atoms with van der Waals surface area (Å²) in [5.74, 6) is -1.75. The molecule has 2 heterocycles. The minimum atomic E-state index is -4.16. The lowest BCUT2D eigenvalue weighted by Crippen LogP contribution is -2.54. The van der Waals surface area contributed by atoms with Crippen LogP contribution in [-0.4, -0.2) is 108 Å². The second-order valence-corrected chi connectivity index (χ2v) is 17.3. The van der Waals surface area contributed by atoms with E-state index < -0.39 is 55.3 Å². The number of aliphatic hydroxyl groups excluding tert-OH is 1. The topological polar surface area (TPSA) is 182 Å². The molecule has 0 aromatic heterocycles. The highest BCUT2D eigenvalue weighted by Crippen LogP contribution is 2.53. The summed E-state index contributed by atoms with van der Waals surface area (Å²) in [6.07, 6.45) is 4.26. The van der Waals surface area contributed by atoms with E-state index in [2.05, 4.69) is 10.6 Å². The van der Waals surface area contributed by atoms with Gasteiger partial charge in [-0.15, -0.1) is 0 Å². The molecule has 16 heteroatoms. The number of aliphatic hydroxyl groups is 1. The number of hydrogen-bond donors (Lipinski definition) is 3. The third kappa shape index (κ3) is 13.1. The van der Waals surface area contributed by atoms with Gasteiger partial charge in [0.2, 0.25) is 11.8 Å². The van der Waals surface area contributed by atoms with Crippen LogP contribution in [0.2, 0.25) is 0 Å². The van der Waals surface area contributed by atoms with E-state index in [9.17, 15) is 28.8 Å². The van der Waals surface area contributed by atoms with Gasteiger partial charge in [-0.1, -0.05) is 50.3 Å². The summed E-state index contributed by atoms with van der Waals surface area (Å²) in [5.41, 5.74) is 0.239. The molecule has 0 radical (unpaired) electrons. The SMILES string of the molecule is CCOP(=O)(OCC)C(O)[C@H](CCC(=O)N1CCOc2ccccc2C1)NC(=O)[C@H](CC1CCCCC1)NC(=O)OC1CCN(C(=O)OC(C)(C)C)CC1. The highest BCUT2D eigenvalue weighted by Gasteiger charge is 2.42. The Morgan fingerprint density at radius 1 is 0.944 bits per heavy atom. The number of nitrogens with one attached hydrogen (secondary N) is 2. The van der Waals surface area contributed by atoms with Crippen LogP contribution in [0.25, 0.3) is 0 Å². The summed E-state index contributed by atoms with van der Waals surface area (Å²) in [6, 6.07) is 5.24. The minimum absolute atomic E-state index is 0.0183. The number of carbonyl (C=O) groups is 4. The summed E-state index contributed by atoms with van der Waals surface area (Å²) in [5, 5.41) is 17.1. The monoisotopic (exact) mass is 780 g/mol. The zero-order valence-electron chi connectivity index (χ0n) is 32.6. The molecular weight excluding hydrogens is 719 g/mol. The number of benzene rings is 1. The van der Waals surface area contributed by atoms with Gasteiger partial charge in [-0.05, 0) is 59.4 Å². The van der Waals surface area contributed by atoms with Crippen LogP contribution in [0.1, 0.15) is 104 Å². The summed E-state index contributed by atoms with van der Waals surface area (Å²) >= 11 is 0. The maximum atomic E-state index is 14.1. The van der Waals surface area contributed by atoms with Crippen molar-refractivity contribution in [3.05, 3.63) is 29.8 Å². The van der Waals surface area contributed by atoms with E-state index in [1.165, 1.54) is 0 Å². The minimum Gasteiger partial charge on any atom is -0.491 e. The first-order chi connectivity index (χ1) is 25.7. The van der Waals surface area contributed by atoms with Crippen LogP contribution in [0.5, 0.6) is 5.75 Å². The molecule has 54 heavy (non-hydrogen) atoms. The fourth-order valence-corrected chi connectivity index (χ4v) is 8.89. The number of piperidine rings is 1. The Morgan fingerprint density at radius 3 is 2.26 bits per heavy atom. The molecule has 3 aliphatic rings. The fourth-order valence-electron chi connectivity index (χ4n) is 7.12. The zero-order valence-corrected chi connectivity index (χ0v) is 33.5. The van der Waals surface area contributed by atoms with Gasteiger partial charge in [0, 0.05) is 44.5 Å². The van der Waals surface area contributed by atoms with Crippen LogP contribution in [0.3, 0.4) is 0 Å². The van der Waals surface area contributed by atoms with Gasteiger partial charge < -0.3 is 48.8 Å². The lowest BCUT2D eigenvalue weighted by Gasteiger charge is -2.34. The Balaban J connectivity index is 1.46. The zero-order chi connectivity index (χ0) is 39.3. The highest BCUT2D eigenvalue weighted by molar-refractivity contribution is 7.54. The van der Waals surface area contributed by atoms with E-state index in [1.54, 1.807) is 44.4 Å². The van der Waals surface area contributed by atoms with Gasteiger partial charge in [-0.2, -0.15) is 0 Å². The Bertz CT molecular complexity index is 1430. The van der Waals surface area contributed by atoms with Crippen molar-refractivity contribution in [1.29, 1.82) is 0 Å². The van der Waals surface area contributed by atoms with Crippen LogP contribution in [0, 0.1) is 5.92 Å². The predicted molar refractivity (Wildman–Crippen MR) is 201 cm³/mol. The van der Waals surface area contributed by atoms with Gasteiger partial charge in [-0.3, -0.25) is 14.2 Å². The average Bonchev–Trinajstić information content (AvgIpc) is 3.35. The number of hydrogen-bond acceptors (Lipinski definition) is 11. The second kappa shape index (κ2) is 20.5. The molecule has 3 N–H and O–H groups in total. The maximum absolute atomic E-state index is 14.1. The quantitative estimate of drug-likeness (QED) is 0.185. The number of fused-ring (bicyclic) bond motifs is 1. The number of rotatable bonds is 15. The van der Waals surface area contributed by atoms with E-state index in [1.807, 2.05) is 24.3 Å². The van der Waals surface area contributed by atoms with Gasteiger partial charge in [0.05, 0.1) is 25.8 Å². The van der Waals surface area contributed by atoms with Gasteiger partial charge in [-0.25, -0.2) is 9.59 Å². The van der Waals surface area contributed by atoms with Crippen molar-refractivity contribution < 1.29 is 52.1 Å². The molecule has 15 nitrogen and oxygen atoms in total. The smallest absolute Gasteiger partial charge is 0.410 e. The predicted octanol–water partition coefficient (Wildman–Crippen LogP) is 5.72. The molecule has 0 spiro atoms. The maximum Gasteiger partial charge on any atom is 0.410 e. The number of para-hydroxylation sites is 1. The summed E-state index contributed by atoms with van der Waals surface area (Å²) in [7, 11) is -4.16. The number of ether oxygens (including phenoxy) is 3. The van der Waals surface area contributed by atoms with Crippen molar-refractivity contribution >= 4 is 31.6 Å². The Morgan fingerprint density at radius 2 is 1.61 bits per heavy atom. The Kier molecular flexibility index (Phi) is 16.5. The van der Waals surface area contributed by atoms with Crippen LogP contribution < -0.4 is 15.4 Å². The Labute approximate surface area is 319 Å². The molecule has 2 fully saturated rings. The van der Waals surface area contributed by atoms with Gasteiger partial charge in [0.25, 0.3) is 0 Å². The van der Waals surface area contributed by atoms with Crippen molar-refractivity contribution in [2.24, 2.45) is 5.92 Å². The van der Waals surface area contributed by atoms with Crippen molar-refractivity contribution in [2.75, 3.05) is 39.5 Å². The first-order valence-corrected chi connectivity index (χ1v) is 21.1. The molecule has 0 bridgehead atoms. The summed E-state index contributed by atoms with van der Waals surface area (Å²) in [6.45, 7) is 10.3. The molecule has 2 aliphatic heterocycles. The van der Waals surface area contributed by atoms with Gasteiger partial charge >= 0.3 is 19.8 Å². The first-order valence-electron chi connectivity index (χ1n) is 19.5. The lowest BCUT2D eigenvalue weighted by atomic mass is 9.84. The normalized spacial score (nSPS) is 19.0. The van der Waals surface area contributed by atoms with Crippen LogP contribution >= 0.6 is 7.60 Å². The van der Waals surface area contributed by atoms with Gasteiger partial charge in [0.1, 0.15) is 30.1 Å². The average molecular weight is 781 g/mol. The Hall–Kier alpha value is -3.39. The number of nitrogens with zero attached hydrogens (tertiary/aromatic N) is 2. The molecule has 1 saturated carbocycles. The summed E-state index contributed by atoms with van der Waals surface area (Å²) < 4.78 is 41.7. The van der Waals surface area contributed by atoms with Crippen LogP contribution in [0.15, 0.2) is 24.3 Å². The van der Waals surface area contributed by atoms with E-state index in [0.717, 1.165) is 37.7 Å². The lowest BCUT2D eigenvalue weighted by molar-refractivity contribution is -0.133. The number of amides is 4. The number of alkyl carbamates (subject to hydrolysis) is 1. The molecule has 304 valence electrons. The number of likely N-dealkylation sites (tertiary alicyclic amines) is 1. The van der Waals surface area contributed by atoms with Crippen LogP contribution in [0.4, 0.5) is 9.59 Å². The highest BCUT2D eigenvalue weighted by atomic mass is 31.2.